The van der Waals surface area contributed by atoms with Crippen molar-refractivity contribution in [1.29, 1.82) is 0 Å². The van der Waals surface area contributed by atoms with E-state index in [0.717, 1.165) is 5.75 Å². The molecule has 0 spiro atoms. The summed E-state index contributed by atoms with van der Waals surface area (Å²) < 4.78 is 11.4. The lowest BCUT2D eigenvalue weighted by atomic mass is 10.3. The third kappa shape index (κ3) is 3.91. The third-order valence-electron chi connectivity index (χ3n) is 3.03. The van der Waals surface area contributed by atoms with E-state index in [1.165, 1.54) is 0 Å². The van der Waals surface area contributed by atoms with Gasteiger partial charge in [-0.05, 0) is 48.5 Å². The highest BCUT2D eigenvalue weighted by atomic mass is 35.5. The first-order chi connectivity index (χ1) is 11.1. The van der Waals surface area contributed by atoms with Crippen molar-refractivity contribution in [3.05, 3.63) is 81.8 Å². The van der Waals surface area contributed by atoms with Crippen molar-refractivity contribution >= 4 is 34.8 Å². The van der Waals surface area contributed by atoms with Gasteiger partial charge in [0, 0.05) is 0 Å². The first kappa shape index (κ1) is 16.0. The Labute approximate surface area is 149 Å². The van der Waals surface area contributed by atoms with Gasteiger partial charge in [-0.25, -0.2) is 0 Å². The van der Waals surface area contributed by atoms with Crippen LogP contribution in [0.15, 0.2) is 66.7 Å². The summed E-state index contributed by atoms with van der Waals surface area (Å²) in [5, 5.41) is 0.939. The Balaban J connectivity index is 1.74. The highest BCUT2D eigenvalue weighted by molar-refractivity contribution is 6.48. The van der Waals surface area contributed by atoms with E-state index < -0.39 is 0 Å². The smallest absolute Gasteiger partial charge is 0.147 e. The Kier molecular flexibility index (Phi) is 4.97. The third-order valence-corrected chi connectivity index (χ3v) is 4.31. The van der Waals surface area contributed by atoms with Gasteiger partial charge in [0.05, 0.1) is 10.0 Å². The van der Waals surface area contributed by atoms with Gasteiger partial charge in [-0.15, -0.1) is 0 Å². The van der Waals surface area contributed by atoms with Gasteiger partial charge >= 0.3 is 0 Å². The van der Waals surface area contributed by atoms with Crippen LogP contribution in [0.4, 0.5) is 0 Å². The standard InChI is InChI=1S/C18H11Cl3O2/c19-15-10-11-16(18(21)17(15)20)23-14-8-6-13(7-9-14)22-12-4-2-1-3-5-12/h1-11H. The summed E-state index contributed by atoms with van der Waals surface area (Å²) in [6, 6.07) is 20.1. The molecule has 0 unspecified atom stereocenters. The highest BCUT2D eigenvalue weighted by Gasteiger charge is 2.10. The van der Waals surface area contributed by atoms with E-state index in [0.29, 0.717) is 22.3 Å². The maximum atomic E-state index is 6.12. The van der Waals surface area contributed by atoms with Crippen molar-refractivity contribution in [2.75, 3.05) is 0 Å². The van der Waals surface area contributed by atoms with Crippen LogP contribution in [-0.4, -0.2) is 0 Å². The predicted molar refractivity (Wildman–Crippen MR) is 94.5 cm³/mol. The Morgan fingerprint density at radius 1 is 0.522 bits per heavy atom. The fourth-order valence-electron chi connectivity index (χ4n) is 1.91. The van der Waals surface area contributed by atoms with E-state index in [2.05, 4.69) is 0 Å². The second-order valence-electron chi connectivity index (χ2n) is 4.66. The van der Waals surface area contributed by atoms with Crippen LogP contribution in [0.5, 0.6) is 23.0 Å². The van der Waals surface area contributed by atoms with Crippen molar-refractivity contribution in [2.45, 2.75) is 0 Å². The molecule has 3 rings (SSSR count). The molecule has 116 valence electrons. The molecule has 2 nitrogen and oxygen atoms in total. The fourth-order valence-corrected chi connectivity index (χ4v) is 2.48. The zero-order valence-electron chi connectivity index (χ0n) is 11.8. The summed E-state index contributed by atoms with van der Waals surface area (Å²) in [4.78, 5) is 0. The lowest BCUT2D eigenvalue weighted by Crippen LogP contribution is -1.87. The largest absolute Gasteiger partial charge is 0.457 e. The lowest BCUT2D eigenvalue weighted by molar-refractivity contribution is 0.469. The molecule has 0 saturated heterocycles. The molecule has 0 atom stereocenters. The van der Waals surface area contributed by atoms with Gasteiger partial charge in [0.25, 0.3) is 0 Å². The molecule has 0 aromatic heterocycles. The van der Waals surface area contributed by atoms with Crippen LogP contribution in [0.25, 0.3) is 0 Å². The summed E-state index contributed by atoms with van der Waals surface area (Å²) in [5.41, 5.74) is 0. The molecule has 0 fully saturated rings. The molecule has 0 radical (unpaired) electrons. The quantitative estimate of drug-likeness (QED) is 0.454. The van der Waals surface area contributed by atoms with Gasteiger partial charge in [-0.1, -0.05) is 53.0 Å². The molecular formula is C18H11Cl3O2. The van der Waals surface area contributed by atoms with E-state index in [1.54, 1.807) is 24.3 Å². The van der Waals surface area contributed by atoms with Crippen molar-refractivity contribution < 1.29 is 9.47 Å². The Hall–Kier alpha value is -1.87. The Bertz CT molecular complexity index is 803. The van der Waals surface area contributed by atoms with Crippen molar-refractivity contribution in [3.8, 4) is 23.0 Å². The highest BCUT2D eigenvalue weighted by Crippen LogP contribution is 2.39. The van der Waals surface area contributed by atoms with Gasteiger partial charge < -0.3 is 9.47 Å². The topological polar surface area (TPSA) is 18.5 Å². The number of hydrogen-bond acceptors (Lipinski definition) is 2. The van der Waals surface area contributed by atoms with Gasteiger partial charge in [0.2, 0.25) is 0 Å². The van der Waals surface area contributed by atoms with Crippen LogP contribution in [0.3, 0.4) is 0 Å². The molecule has 0 aliphatic carbocycles. The number of halogens is 3. The summed E-state index contributed by atoms with van der Waals surface area (Å²) in [7, 11) is 0. The molecule has 5 heteroatoms. The first-order valence-electron chi connectivity index (χ1n) is 6.78. The molecule has 3 aromatic carbocycles. The maximum Gasteiger partial charge on any atom is 0.147 e. The number of para-hydroxylation sites is 1. The van der Waals surface area contributed by atoms with Crippen LogP contribution in [0, 0.1) is 0 Å². The van der Waals surface area contributed by atoms with Crippen molar-refractivity contribution in [2.24, 2.45) is 0 Å². The molecule has 0 saturated carbocycles. The molecular weight excluding hydrogens is 355 g/mol. The summed E-state index contributed by atoms with van der Waals surface area (Å²) in [6.07, 6.45) is 0. The lowest BCUT2D eigenvalue weighted by Gasteiger charge is -2.10. The van der Waals surface area contributed by atoms with Crippen LogP contribution >= 0.6 is 34.8 Å². The van der Waals surface area contributed by atoms with E-state index in [4.69, 9.17) is 44.3 Å². The van der Waals surface area contributed by atoms with Gasteiger partial charge in [0.1, 0.15) is 28.0 Å². The molecule has 0 heterocycles. The summed E-state index contributed by atoms with van der Waals surface area (Å²) in [5.74, 6) is 2.54. The van der Waals surface area contributed by atoms with Crippen LogP contribution in [0.2, 0.25) is 15.1 Å². The Morgan fingerprint density at radius 3 is 1.74 bits per heavy atom. The Morgan fingerprint density at radius 2 is 1.09 bits per heavy atom. The molecule has 23 heavy (non-hydrogen) atoms. The monoisotopic (exact) mass is 364 g/mol. The second kappa shape index (κ2) is 7.14. The summed E-state index contributed by atoms with van der Waals surface area (Å²) in [6.45, 7) is 0. The molecule has 0 aliphatic heterocycles. The minimum Gasteiger partial charge on any atom is -0.457 e. The second-order valence-corrected chi connectivity index (χ2v) is 5.83. The SMILES string of the molecule is Clc1ccc(Oc2ccc(Oc3ccccc3)cc2)c(Cl)c1Cl. The fraction of sp³-hybridized carbons (Fsp3) is 0. The van der Waals surface area contributed by atoms with Crippen molar-refractivity contribution in [1.82, 2.24) is 0 Å². The molecule has 0 bridgehead atoms. The number of ether oxygens (including phenoxy) is 2. The van der Waals surface area contributed by atoms with Gasteiger partial charge in [-0.3, -0.25) is 0 Å². The molecule has 0 amide bonds. The van der Waals surface area contributed by atoms with E-state index in [9.17, 15) is 0 Å². The van der Waals surface area contributed by atoms with E-state index >= 15 is 0 Å². The average Bonchev–Trinajstić information content (AvgIpc) is 2.58. The van der Waals surface area contributed by atoms with E-state index in [-0.39, 0.29) is 10.0 Å². The minimum absolute atomic E-state index is 0.273. The molecule has 3 aromatic rings. The van der Waals surface area contributed by atoms with Crippen LogP contribution in [0.1, 0.15) is 0 Å². The zero-order chi connectivity index (χ0) is 16.2. The van der Waals surface area contributed by atoms with Gasteiger partial charge in [0.15, 0.2) is 0 Å². The normalized spacial score (nSPS) is 10.4. The van der Waals surface area contributed by atoms with Gasteiger partial charge in [-0.2, -0.15) is 0 Å². The first-order valence-corrected chi connectivity index (χ1v) is 7.91. The maximum absolute atomic E-state index is 6.12. The average molecular weight is 366 g/mol. The number of benzene rings is 3. The van der Waals surface area contributed by atoms with E-state index in [1.807, 2.05) is 42.5 Å². The molecule has 0 aliphatic rings. The predicted octanol–water partition coefficient (Wildman–Crippen LogP) is 7.23. The van der Waals surface area contributed by atoms with Crippen LogP contribution in [-0.2, 0) is 0 Å². The molecule has 0 N–H and O–H groups in total. The number of rotatable bonds is 4. The van der Waals surface area contributed by atoms with Crippen molar-refractivity contribution in [3.63, 3.8) is 0 Å². The van der Waals surface area contributed by atoms with Crippen LogP contribution < -0.4 is 9.47 Å². The zero-order valence-corrected chi connectivity index (χ0v) is 14.1. The number of hydrogen-bond donors (Lipinski definition) is 0. The minimum atomic E-state index is 0.273. The summed E-state index contributed by atoms with van der Waals surface area (Å²) >= 11 is 18.0.